The Morgan fingerprint density at radius 2 is 1.80 bits per heavy atom. The van der Waals surface area contributed by atoms with Gasteiger partial charge in [-0.15, -0.1) is 4.85 Å². The first kappa shape index (κ1) is 17.7. The Bertz CT molecular complexity index is 1290. The Morgan fingerprint density at radius 3 is 2.63 bits per heavy atom. The summed E-state index contributed by atoms with van der Waals surface area (Å²) in [5.41, 5.74) is 1.72. The minimum atomic E-state index is -0.528. The summed E-state index contributed by atoms with van der Waals surface area (Å²) in [7, 11) is 0. The van der Waals surface area contributed by atoms with E-state index in [1.54, 1.807) is 42.5 Å². The van der Waals surface area contributed by atoms with E-state index in [2.05, 4.69) is 20.2 Å². The normalized spacial score (nSPS) is 12.3. The van der Waals surface area contributed by atoms with E-state index in [-0.39, 0.29) is 40.5 Å². The zero-order valence-corrected chi connectivity index (χ0v) is 15.3. The lowest BCUT2D eigenvalue weighted by Crippen LogP contribution is -2.42. The fourth-order valence-corrected chi connectivity index (χ4v) is 3.45. The molecule has 11 nitrogen and oxygen atoms in total. The highest BCUT2D eigenvalue weighted by Crippen LogP contribution is 2.28. The van der Waals surface area contributed by atoms with Gasteiger partial charge in [0, 0.05) is 12.8 Å². The van der Waals surface area contributed by atoms with Gasteiger partial charge in [0.1, 0.15) is 11.4 Å². The van der Waals surface area contributed by atoms with E-state index in [9.17, 15) is 20.3 Å². The lowest BCUT2D eigenvalue weighted by molar-refractivity contribution is -0.808. The highest BCUT2D eigenvalue weighted by atomic mass is 16.8. The monoisotopic (exact) mass is 406 g/mol. The molecule has 5 rings (SSSR count). The van der Waals surface area contributed by atoms with Gasteiger partial charge in [0.25, 0.3) is 5.91 Å². The SMILES string of the molecule is O=C(Nc1ccccc1O)c1ccccc1-n1nc2c([n+]1[O-])CCc1c-2no[n+]1[O-]. The van der Waals surface area contributed by atoms with Gasteiger partial charge in [-0.05, 0) is 34.0 Å². The van der Waals surface area contributed by atoms with E-state index in [0.717, 1.165) is 4.80 Å². The van der Waals surface area contributed by atoms with E-state index in [0.29, 0.717) is 27.6 Å². The molecule has 0 atom stereocenters. The van der Waals surface area contributed by atoms with Crippen molar-refractivity contribution in [2.24, 2.45) is 0 Å². The largest absolute Gasteiger partial charge is 0.692 e. The molecule has 11 heteroatoms. The minimum Gasteiger partial charge on any atom is -0.692 e. The van der Waals surface area contributed by atoms with E-state index in [1.807, 2.05) is 0 Å². The van der Waals surface area contributed by atoms with E-state index in [4.69, 9.17) is 0 Å². The second-order valence-electron chi connectivity index (χ2n) is 6.67. The van der Waals surface area contributed by atoms with Crippen molar-refractivity contribution in [3.05, 3.63) is 75.9 Å². The maximum absolute atomic E-state index is 12.9. The summed E-state index contributed by atoms with van der Waals surface area (Å²) in [6.45, 7) is 0. The molecular formula is C19H14N6O5. The van der Waals surface area contributed by atoms with E-state index in [1.165, 1.54) is 6.07 Å². The van der Waals surface area contributed by atoms with Gasteiger partial charge in [0.15, 0.2) is 5.69 Å². The molecule has 1 aliphatic carbocycles. The van der Waals surface area contributed by atoms with Gasteiger partial charge >= 0.3 is 11.4 Å². The number of phenolic OH excluding ortho intramolecular Hbond substituents is 1. The molecule has 4 aromatic rings. The summed E-state index contributed by atoms with van der Waals surface area (Å²) >= 11 is 0. The van der Waals surface area contributed by atoms with Crippen molar-refractivity contribution >= 4 is 11.6 Å². The third kappa shape index (κ3) is 2.64. The number of carbonyl (C=O) groups excluding carboxylic acids is 1. The molecule has 0 unspecified atom stereocenters. The molecule has 1 aliphatic rings. The average molecular weight is 406 g/mol. The van der Waals surface area contributed by atoms with Gasteiger partial charge in [0.05, 0.1) is 21.5 Å². The van der Waals surface area contributed by atoms with Crippen LogP contribution in [0.5, 0.6) is 5.75 Å². The van der Waals surface area contributed by atoms with Gasteiger partial charge < -0.3 is 20.8 Å². The molecule has 0 radical (unpaired) electrons. The maximum atomic E-state index is 12.9. The van der Waals surface area contributed by atoms with Crippen molar-refractivity contribution in [2.75, 3.05) is 5.32 Å². The van der Waals surface area contributed by atoms with Crippen LogP contribution >= 0.6 is 0 Å². The second-order valence-corrected chi connectivity index (χ2v) is 6.67. The average Bonchev–Trinajstić information content (AvgIpc) is 3.30. The number of amides is 1. The van der Waals surface area contributed by atoms with Gasteiger partial charge in [-0.2, -0.15) is 0 Å². The minimum absolute atomic E-state index is 0.0822. The third-order valence-electron chi connectivity index (χ3n) is 4.91. The number of rotatable bonds is 3. The van der Waals surface area contributed by atoms with Gasteiger partial charge in [-0.25, -0.2) is 0 Å². The van der Waals surface area contributed by atoms with Crippen molar-refractivity contribution in [3.63, 3.8) is 0 Å². The van der Waals surface area contributed by atoms with Crippen LogP contribution in [0.3, 0.4) is 0 Å². The lowest BCUT2D eigenvalue weighted by atomic mass is 10.0. The Hall–Kier alpha value is -4.41. The fraction of sp³-hybridized carbons (Fsp3) is 0.105. The summed E-state index contributed by atoms with van der Waals surface area (Å²) in [5.74, 6) is -0.610. The first-order chi connectivity index (χ1) is 14.5. The number of benzene rings is 2. The van der Waals surface area contributed by atoms with Crippen molar-refractivity contribution in [1.29, 1.82) is 0 Å². The van der Waals surface area contributed by atoms with Crippen LogP contribution in [-0.2, 0) is 12.8 Å². The Balaban J connectivity index is 1.58. The molecule has 0 fully saturated rings. The quantitative estimate of drug-likeness (QED) is 0.291. The number of fused-ring (bicyclic) bond motifs is 3. The van der Waals surface area contributed by atoms with Crippen LogP contribution in [0.2, 0.25) is 0 Å². The van der Waals surface area contributed by atoms with Crippen molar-refractivity contribution in [1.82, 2.24) is 15.1 Å². The Morgan fingerprint density at radius 1 is 1.07 bits per heavy atom. The van der Waals surface area contributed by atoms with Crippen LogP contribution in [0.25, 0.3) is 17.1 Å². The number of carbonyl (C=O) groups is 1. The molecule has 0 saturated heterocycles. The predicted molar refractivity (Wildman–Crippen MR) is 100 cm³/mol. The molecular weight excluding hydrogens is 392 g/mol. The van der Waals surface area contributed by atoms with Crippen LogP contribution in [0.15, 0.2) is 53.2 Å². The molecule has 0 aliphatic heterocycles. The first-order valence-electron chi connectivity index (χ1n) is 9.04. The van der Waals surface area contributed by atoms with Crippen LogP contribution in [-0.4, -0.2) is 26.1 Å². The standard InChI is InChI=1S/C19H14N6O5/c26-16-8-4-2-6-12(16)20-19(27)11-5-1-3-7-13(11)23-21-17-14(24(23)28)9-10-15-18(17)22-30-25(15)29/h1-8,26H,9-10H2,(H,20,27). The highest BCUT2D eigenvalue weighted by molar-refractivity contribution is 6.07. The summed E-state index contributed by atoms with van der Waals surface area (Å²) in [6, 6.07) is 12.7. The van der Waals surface area contributed by atoms with Gasteiger partial charge in [-0.1, -0.05) is 24.3 Å². The van der Waals surface area contributed by atoms with Crippen LogP contribution in [0.1, 0.15) is 21.7 Å². The van der Waals surface area contributed by atoms with E-state index < -0.39 is 5.91 Å². The smallest absolute Gasteiger partial charge is 0.303 e. The second kappa shape index (κ2) is 6.58. The third-order valence-corrected chi connectivity index (χ3v) is 4.91. The molecule has 2 aromatic heterocycles. The molecule has 0 saturated carbocycles. The fourth-order valence-electron chi connectivity index (χ4n) is 3.45. The maximum Gasteiger partial charge on any atom is 0.303 e. The molecule has 0 spiro atoms. The molecule has 0 bridgehead atoms. The topological polar surface area (TPSA) is 147 Å². The van der Waals surface area contributed by atoms with Crippen LogP contribution in [0.4, 0.5) is 5.69 Å². The van der Waals surface area contributed by atoms with Crippen molar-refractivity contribution in [2.45, 2.75) is 12.8 Å². The van der Waals surface area contributed by atoms with Crippen molar-refractivity contribution in [3.8, 4) is 22.8 Å². The molecule has 1 amide bonds. The molecule has 150 valence electrons. The predicted octanol–water partition coefficient (Wildman–Crippen LogP) is 0.851. The number of aromatic nitrogens is 5. The van der Waals surface area contributed by atoms with Crippen molar-refractivity contribution < 1.29 is 24.3 Å². The Kier molecular flexibility index (Phi) is 3.88. The zero-order valence-electron chi connectivity index (χ0n) is 15.3. The number of phenols is 1. The molecule has 2 heterocycles. The number of anilines is 1. The number of hydrogen-bond acceptors (Lipinski definition) is 7. The number of nitrogens with zero attached hydrogens (tertiary/aromatic N) is 5. The van der Waals surface area contributed by atoms with Crippen LogP contribution in [0, 0.1) is 10.4 Å². The number of hydrogen-bond donors (Lipinski definition) is 2. The Labute approximate surface area is 168 Å². The number of nitrogens with one attached hydrogen (secondary N) is 1. The number of aromatic hydroxyl groups is 1. The molecule has 2 N–H and O–H groups in total. The first-order valence-corrected chi connectivity index (χ1v) is 9.04. The summed E-state index contributed by atoms with van der Waals surface area (Å²) in [4.78, 5) is 14.8. The van der Waals surface area contributed by atoms with Gasteiger partial charge in [-0.3, -0.25) is 9.42 Å². The summed E-state index contributed by atoms with van der Waals surface area (Å²) < 4.78 is 4.63. The zero-order chi connectivity index (χ0) is 20.8. The van der Waals surface area contributed by atoms with Crippen LogP contribution < -0.4 is 15.1 Å². The van der Waals surface area contributed by atoms with Gasteiger partial charge in [0.2, 0.25) is 5.69 Å². The highest BCUT2D eigenvalue weighted by Gasteiger charge is 2.39. The summed E-state index contributed by atoms with van der Waals surface area (Å²) in [5, 5.41) is 45.1. The molecule has 30 heavy (non-hydrogen) atoms. The van der Waals surface area contributed by atoms with E-state index >= 15 is 0 Å². The summed E-state index contributed by atoms with van der Waals surface area (Å²) in [6.07, 6.45) is 0.570. The number of para-hydroxylation sites is 3. The molecule has 2 aromatic carbocycles. The lowest BCUT2D eigenvalue weighted by Gasteiger charge is -2.11.